The Labute approximate surface area is 296 Å². The Kier molecular flexibility index (Phi) is 9.19. The fourth-order valence-electron chi connectivity index (χ4n) is 6.37. The van der Waals surface area contributed by atoms with Crippen molar-refractivity contribution < 1.29 is 33.8 Å². The van der Waals surface area contributed by atoms with Crippen LogP contribution in [0.15, 0.2) is 51.9 Å². The third kappa shape index (κ3) is 6.44. The summed E-state index contributed by atoms with van der Waals surface area (Å²) in [5.74, 6) is -3.25. The SMILES string of the molecule is O=C(Cc1cccs1)N[C@@H]1C(=O)N2C(C(=O)O)=C(CSC(=S)N3CCN(c4cc5c(cc4F)c(=O)c(C(=O)O)cn5C4CC4)CC3)CS[C@H]12. The van der Waals surface area contributed by atoms with Crippen molar-refractivity contribution in [1.29, 1.82) is 0 Å². The van der Waals surface area contributed by atoms with Gasteiger partial charge in [-0.15, -0.1) is 23.1 Å². The highest BCUT2D eigenvalue weighted by Crippen LogP contribution is 2.42. The van der Waals surface area contributed by atoms with Gasteiger partial charge in [0, 0.05) is 60.2 Å². The molecule has 7 rings (SSSR count). The summed E-state index contributed by atoms with van der Waals surface area (Å²) in [5.41, 5.74) is 0.254. The number of amides is 2. The van der Waals surface area contributed by atoms with E-state index in [9.17, 15) is 34.2 Å². The lowest BCUT2D eigenvalue weighted by Crippen LogP contribution is -2.70. The Morgan fingerprint density at radius 2 is 1.84 bits per heavy atom. The van der Waals surface area contributed by atoms with Gasteiger partial charge in [0.2, 0.25) is 11.3 Å². The fraction of sp³-hybridized carbons (Fsp3) is 0.375. The smallest absolute Gasteiger partial charge is 0.352 e. The zero-order chi connectivity index (χ0) is 34.6. The van der Waals surface area contributed by atoms with Gasteiger partial charge >= 0.3 is 11.9 Å². The standard InChI is InChI=1S/C32H30FN5O7S4/c33-21-11-19-22(37(17-3-4-17)13-20(27(19)40)30(42)43)12-23(21)35-5-7-36(8-6-35)32(46)49-15-16-14-48-29-25(28(41)38(29)26(16)31(44)45)34-24(39)10-18-2-1-9-47-18/h1-2,9,11-13,17,25,29H,3-8,10,14-15H2,(H,34,39)(H,42,43)(H,44,45)/t25-,29-/m1/s1. The maximum Gasteiger partial charge on any atom is 0.352 e. The molecule has 3 N–H and O–H groups in total. The first-order valence-corrected chi connectivity index (χ1v) is 18.8. The average Bonchev–Trinajstić information content (AvgIpc) is 3.80. The van der Waals surface area contributed by atoms with Gasteiger partial charge in [-0.1, -0.05) is 30.0 Å². The number of carbonyl (C=O) groups is 4. The Bertz CT molecular complexity index is 1990. The van der Waals surface area contributed by atoms with Gasteiger partial charge in [0.1, 0.15) is 32.8 Å². The van der Waals surface area contributed by atoms with Crippen LogP contribution in [0.4, 0.5) is 10.1 Å². The van der Waals surface area contributed by atoms with Crippen LogP contribution >= 0.6 is 47.1 Å². The van der Waals surface area contributed by atoms with Crippen LogP contribution in [0, 0.1) is 5.82 Å². The van der Waals surface area contributed by atoms with E-state index in [2.05, 4.69) is 5.32 Å². The van der Waals surface area contributed by atoms with Crippen molar-refractivity contribution in [2.24, 2.45) is 0 Å². The molecule has 2 atom stereocenters. The van der Waals surface area contributed by atoms with Gasteiger partial charge in [-0.3, -0.25) is 19.3 Å². The number of rotatable bonds is 9. The summed E-state index contributed by atoms with van der Waals surface area (Å²) < 4.78 is 17.7. The number of piperazine rings is 1. The van der Waals surface area contributed by atoms with Crippen LogP contribution in [0.25, 0.3) is 10.9 Å². The number of benzene rings is 1. The lowest BCUT2D eigenvalue weighted by molar-refractivity contribution is -0.150. The Hall–Kier alpha value is -3.93. The minimum Gasteiger partial charge on any atom is -0.477 e. The molecule has 3 fully saturated rings. The van der Waals surface area contributed by atoms with E-state index in [4.69, 9.17) is 12.2 Å². The number of pyridine rings is 1. The molecule has 2 aromatic heterocycles. The molecule has 3 aromatic rings. The molecule has 17 heteroatoms. The van der Waals surface area contributed by atoms with Crippen LogP contribution in [-0.2, 0) is 20.8 Å². The average molecular weight is 744 g/mol. The number of hydrogen-bond donors (Lipinski definition) is 3. The zero-order valence-electron chi connectivity index (χ0n) is 25.8. The molecule has 0 unspecified atom stereocenters. The molecule has 256 valence electrons. The molecule has 3 aliphatic heterocycles. The van der Waals surface area contributed by atoms with Crippen LogP contribution in [-0.4, -0.2) is 102 Å². The topological polar surface area (TPSA) is 152 Å². The number of fused-ring (bicyclic) bond motifs is 2. The maximum absolute atomic E-state index is 15.4. The number of carboxylic acid groups (broad SMARTS) is 2. The highest BCUT2D eigenvalue weighted by Gasteiger charge is 2.54. The number of nitrogens with one attached hydrogen (secondary N) is 1. The van der Waals surface area contributed by atoms with Crippen molar-refractivity contribution in [1.82, 2.24) is 19.7 Å². The number of anilines is 1. The largest absolute Gasteiger partial charge is 0.477 e. The van der Waals surface area contributed by atoms with E-state index in [-0.39, 0.29) is 40.8 Å². The number of halogens is 1. The summed E-state index contributed by atoms with van der Waals surface area (Å²) >= 11 is 9.87. The molecule has 12 nitrogen and oxygen atoms in total. The number of aromatic nitrogens is 1. The van der Waals surface area contributed by atoms with Gasteiger partial charge in [0.15, 0.2) is 0 Å². The third-order valence-electron chi connectivity index (χ3n) is 9.00. The second-order valence-corrected chi connectivity index (χ2v) is 15.9. The molecule has 5 heterocycles. The van der Waals surface area contributed by atoms with E-state index in [1.165, 1.54) is 46.0 Å². The summed E-state index contributed by atoms with van der Waals surface area (Å²) in [6.07, 6.45) is 3.22. The lowest BCUT2D eigenvalue weighted by Gasteiger charge is -2.49. The number of nitrogens with zero attached hydrogens (tertiary/aromatic N) is 4. The van der Waals surface area contributed by atoms with Crippen molar-refractivity contribution in [3.05, 3.63) is 73.6 Å². The number of carbonyl (C=O) groups excluding carboxylic acids is 2. The van der Waals surface area contributed by atoms with Crippen molar-refractivity contribution in [2.45, 2.75) is 36.7 Å². The number of carboxylic acids is 2. The molecular weight excluding hydrogens is 714 g/mol. The summed E-state index contributed by atoms with van der Waals surface area (Å²) in [4.78, 5) is 68.3. The van der Waals surface area contributed by atoms with Crippen LogP contribution in [0.3, 0.4) is 0 Å². The highest BCUT2D eigenvalue weighted by atomic mass is 32.2. The molecule has 1 aliphatic carbocycles. The first-order valence-electron chi connectivity index (χ1n) is 15.5. The first kappa shape index (κ1) is 33.6. The van der Waals surface area contributed by atoms with E-state index in [1.54, 1.807) is 10.6 Å². The predicted molar refractivity (Wildman–Crippen MR) is 190 cm³/mol. The Morgan fingerprint density at radius 1 is 1.08 bits per heavy atom. The minimum atomic E-state index is -1.34. The molecule has 0 radical (unpaired) electrons. The van der Waals surface area contributed by atoms with Gasteiger partial charge in [0.05, 0.1) is 17.6 Å². The Morgan fingerprint density at radius 3 is 2.49 bits per heavy atom. The summed E-state index contributed by atoms with van der Waals surface area (Å²) in [5, 5.41) is 23.7. The maximum atomic E-state index is 15.4. The number of thiocarbonyl (C=S) groups is 1. The number of thioether (sulfide) groups is 2. The monoisotopic (exact) mass is 743 g/mol. The second kappa shape index (κ2) is 13.4. The number of aromatic carboxylic acids is 1. The number of β-lactam (4-membered cyclic amide) rings is 1. The molecule has 4 aliphatic rings. The molecule has 2 saturated heterocycles. The second-order valence-electron chi connectivity index (χ2n) is 12.1. The predicted octanol–water partition coefficient (Wildman–Crippen LogP) is 3.36. The van der Waals surface area contributed by atoms with E-state index < -0.39 is 40.5 Å². The molecular formula is C32H30FN5O7S4. The highest BCUT2D eigenvalue weighted by molar-refractivity contribution is 8.23. The van der Waals surface area contributed by atoms with Crippen molar-refractivity contribution >= 4 is 91.7 Å². The fourth-order valence-corrected chi connectivity index (χ4v) is 9.81. The number of thiophene rings is 1. The van der Waals surface area contributed by atoms with Gasteiger partial charge in [-0.2, -0.15) is 0 Å². The van der Waals surface area contributed by atoms with Gasteiger partial charge in [-0.25, -0.2) is 14.0 Å². The molecule has 0 spiro atoms. The van der Waals surface area contributed by atoms with Crippen LogP contribution in [0.5, 0.6) is 0 Å². The van der Waals surface area contributed by atoms with Gasteiger partial charge in [0.25, 0.3) is 5.91 Å². The van der Waals surface area contributed by atoms with Gasteiger partial charge in [-0.05, 0) is 42.0 Å². The minimum absolute atomic E-state index is 0.0424. The molecule has 1 aromatic carbocycles. The first-order chi connectivity index (χ1) is 23.5. The molecule has 1 saturated carbocycles. The number of aliphatic carboxylic acids is 1. The normalized spacial score (nSPS) is 20.7. The van der Waals surface area contributed by atoms with E-state index in [1.807, 2.05) is 27.3 Å². The van der Waals surface area contributed by atoms with Crippen LogP contribution < -0.4 is 15.6 Å². The summed E-state index contributed by atoms with van der Waals surface area (Å²) in [6, 6.07) is 5.74. The number of hydrogen-bond acceptors (Lipinski definition) is 10. The van der Waals surface area contributed by atoms with Gasteiger partial charge < -0.3 is 29.9 Å². The Balaban J connectivity index is 0.982. The molecule has 2 amide bonds. The van der Waals surface area contributed by atoms with Crippen molar-refractivity contribution in [2.75, 3.05) is 42.6 Å². The third-order valence-corrected chi connectivity index (χ3v) is 12.8. The van der Waals surface area contributed by atoms with Crippen LogP contribution in [0.2, 0.25) is 0 Å². The van der Waals surface area contributed by atoms with Crippen molar-refractivity contribution in [3.8, 4) is 0 Å². The summed E-state index contributed by atoms with van der Waals surface area (Å²) in [6.45, 7) is 1.84. The lowest BCUT2D eigenvalue weighted by atomic mass is 10.0. The zero-order valence-corrected chi connectivity index (χ0v) is 29.1. The van der Waals surface area contributed by atoms with Crippen molar-refractivity contribution in [3.63, 3.8) is 0 Å². The molecule has 0 bridgehead atoms. The van der Waals surface area contributed by atoms with E-state index >= 15 is 4.39 Å². The quantitative estimate of drug-likeness (QED) is 0.218. The molecule has 49 heavy (non-hydrogen) atoms. The van der Waals surface area contributed by atoms with E-state index in [0.717, 1.165) is 23.8 Å². The summed E-state index contributed by atoms with van der Waals surface area (Å²) in [7, 11) is 0. The van der Waals surface area contributed by atoms with E-state index in [0.29, 0.717) is 53.0 Å². The van der Waals surface area contributed by atoms with Crippen LogP contribution in [0.1, 0.15) is 34.1 Å².